The molecule has 0 spiro atoms. The van der Waals surface area contributed by atoms with E-state index >= 15 is 0 Å². The van der Waals surface area contributed by atoms with Crippen LogP contribution in [0.25, 0.3) is 16.8 Å². The topological polar surface area (TPSA) is 82.5 Å². The van der Waals surface area contributed by atoms with Gasteiger partial charge in [-0.15, -0.1) is 5.10 Å². The summed E-state index contributed by atoms with van der Waals surface area (Å²) < 4.78 is 13.2. The molecule has 4 rings (SSSR count). The van der Waals surface area contributed by atoms with Crippen LogP contribution in [0.5, 0.6) is 11.6 Å². The number of benzene rings is 3. The molecule has 0 unspecified atom stereocenters. The van der Waals surface area contributed by atoms with Gasteiger partial charge in [0.1, 0.15) is 11.4 Å². The highest BCUT2D eigenvalue weighted by molar-refractivity contribution is 6.34. The number of rotatable bonds is 8. The molecule has 3 aromatic carbocycles. The average molecular weight is 581 g/mol. The molecule has 0 radical (unpaired) electrons. The molecular formula is C31H31Cl2N3O4. The number of amides is 1. The molecule has 1 N–H and O–H groups in total. The van der Waals surface area contributed by atoms with Crippen LogP contribution in [0.1, 0.15) is 48.7 Å². The van der Waals surface area contributed by atoms with Gasteiger partial charge in [0.15, 0.2) is 0 Å². The largest absolute Gasteiger partial charge is 0.460 e. The summed E-state index contributed by atoms with van der Waals surface area (Å²) >= 11 is 12.5. The van der Waals surface area contributed by atoms with Crippen LogP contribution in [0, 0.1) is 13.8 Å². The van der Waals surface area contributed by atoms with E-state index in [1.165, 1.54) is 0 Å². The number of esters is 1. The molecule has 0 aliphatic rings. The van der Waals surface area contributed by atoms with Crippen LogP contribution < -0.4 is 10.1 Å². The smallest absolute Gasteiger partial charge is 0.308 e. The van der Waals surface area contributed by atoms with Gasteiger partial charge in [-0.05, 0) is 82.1 Å². The molecule has 0 aliphatic heterocycles. The van der Waals surface area contributed by atoms with Gasteiger partial charge in [0.05, 0.1) is 17.7 Å². The Balaban J connectivity index is 1.55. The zero-order chi connectivity index (χ0) is 29.0. The lowest BCUT2D eigenvalue weighted by Gasteiger charge is -2.19. The summed E-state index contributed by atoms with van der Waals surface area (Å²) in [5.74, 6) is 0.280. The first-order valence-corrected chi connectivity index (χ1v) is 13.6. The Hall–Kier alpha value is -3.81. The minimum atomic E-state index is -0.565. The van der Waals surface area contributed by atoms with E-state index in [0.717, 1.165) is 22.3 Å². The molecule has 0 fully saturated rings. The van der Waals surface area contributed by atoms with Gasteiger partial charge in [0, 0.05) is 28.4 Å². The molecule has 0 aliphatic carbocycles. The summed E-state index contributed by atoms with van der Waals surface area (Å²) in [6.07, 6.45) is 1.95. The Kier molecular flexibility index (Phi) is 8.86. The van der Waals surface area contributed by atoms with E-state index in [4.69, 9.17) is 37.8 Å². The third-order valence-corrected chi connectivity index (χ3v) is 6.27. The molecule has 9 heteroatoms. The minimum absolute atomic E-state index is 0.0888. The number of nitrogens with one attached hydrogen (secondary N) is 1. The third kappa shape index (κ3) is 7.64. The monoisotopic (exact) mass is 579 g/mol. The molecule has 1 amide bonds. The number of hydrogen-bond donors (Lipinski definition) is 1. The van der Waals surface area contributed by atoms with Gasteiger partial charge in [-0.25, -0.2) is 4.68 Å². The molecule has 1 heterocycles. The van der Waals surface area contributed by atoms with Gasteiger partial charge >= 0.3 is 5.97 Å². The van der Waals surface area contributed by atoms with Crippen molar-refractivity contribution in [2.45, 2.75) is 46.6 Å². The second kappa shape index (κ2) is 12.1. The lowest BCUT2D eigenvalue weighted by Crippen LogP contribution is -2.29. The fourth-order valence-corrected chi connectivity index (χ4v) is 4.46. The molecule has 0 atom stereocenters. The highest BCUT2D eigenvalue weighted by Gasteiger charge is 2.18. The molecule has 1 aromatic heterocycles. The zero-order valence-corrected chi connectivity index (χ0v) is 24.6. The summed E-state index contributed by atoms with van der Waals surface area (Å²) in [6, 6.07) is 18.4. The minimum Gasteiger partial charge on any atom is -0.460 e. The summed E-state index contributed by atoms with van der Waals surface area (Å²) in [6.45, 7) is 9.46. The van der Waals surface area contributed by atoms with Crippen molar-refractivity contribution in [2.75, 3.05) is 6.54 Å². The Labute approximate surface area is 244 Å². The van der Waals surface area contributed by atoms with Crippen molar-refractivity contribution in [1.82, 2.24) is 15.1 Å². The van der Waals surface area contributed by atoms with Crippen molar-refractivity contribution in [1.29, 1.82) is 0 Å². The van der Waals surface area contributed by atoms with Crippen LogP contribution >= 0.6 is 23.2 Å². The summed E-state index contributed by atoms with van der Waals surface area (Å²) in [4.78, 5) is 24.6. The number of nitrogens with zero attached hydrogens (tertiary/aromatic N) is 2. The number of hydrogen-bond acceptors (Lipinski definition) is 5. The fraction of sp³-hybridized carbons (Fsp3) is 0.258. The van der Waals surface area contributed by atoms with Gasteiger partial charge in [-0.1, -0.05) is 53.0 Å². The summed E-state index contributed by atoms with van der Waals surface area (Å²) in [7, 11) is 0. The first-order chi connectivity index (χ1) is 18.9. The predicted octanol–water partition coefficient (Wildman–Crippen LogP) is 7.72. The van der Waals surface area contributed by atoms with E-state index in [1.807, 2.05) is 44.3 Å². The molecule has 7 nitrogen and oxygen atoms in total. The van der Waals surface area contributed by atoms with Crippen LogP contribution in [-0.4, -0.2) is 33.8 Å². The van der Waals surface area contributed by atoms with Crippen molar-refractivity contribution >= 4 is 35.1 Å². The second-order valence-electron chi connectivity index (χ2n) is 10.5. The summed E-state index contributed by atoms with van der Waals surface area (Å²) in [5, 5.41) is 8.44. The van der Waals surface area contributed by atoms with E-state index < -0.39 is 5.60 Å². The maximum atomic E-state index is 12.7. The normalized spacial score (nSPS) is 11.3. The fourth-order valence-electron chi connectivity index (χ4n) is 3.95. The molecule has 208 valence electrons. The van der Waals surface area contributed by atoms with Gasteiger partial charge in [0.2, 0.25) is 5.88 Å². The number of carbonyl (C=O) groups excluding carboxylic acids is 2. The predicted molar refractivity (Wildman–Crippen MR) is 158 cm³/mol. The Morgan fingerprint density at radius 1 is 0.950 bits per heavy atom. The molecule has 0 bridgehead atoms. The molecule has 0 saturated carbocycles. The quantitative estimate of drug-likeness (QED) is 0.216. The Bertz CT molecular complexity index is 1520. The highest BCUT2D eigenvalue weighted by Crippen LogP contribution is 2.35. The van der Waals surface area contributed by atoms with Crippen LogP contribution in [0.2, 0.25) is 10.0 Å². The van der Waals surface area contributed by atoms with Crippen LogP contribution in [-0.2, 0) is 9.53 Å². The molecule has 4 aromatic rings. The summed E-state index contributed by atoms with van der Waals surface area (Å²) in [5.41, 5.74) is 4.16. The number of aromatic nitrogens is 2. The van der Waals surface area contributed by atoms with Crippen molar-refractivity contribution < 1.29 is 19.1 Å². The number of ether oxygens (including phenoxy) is 2. The van der Waals surface area contributed by atoms with Gasteiger partial charge < -0.3 is 14.8 Å². The first kappa shape index (κ1) is 29.2. The zero-order valence-electron chi connectivity index (χ0n) is 23.0. The number of halogens is 2. The first-order valence-electron chi connectivity index (χ1n) is 12.8. The van der Waals surface area contributed by atoms with Crippen LogP contribution in [0.3, 0.4) is 0 Å². The third-order valence-electron chi connectivity index (χ3n) is 5.83. The number of aryl methyl sites for hydroxylation is 2. The second-order valence-corrected chi connectivity index (χ2v) is 11.3. The lowest BCUT2D eigenvalue weighted by molar-refractivity contribution is -0.154. The maximum Gasteiger partial charge on any atom is 0.308 e. The van der Waals surface area contributed by atoms with Crippen molar-refractivity contribution in [3.8, 4) is 28.4 Å². The Morgan fingerprint density at radius 3 is 2.25 bits per heavy atom. The lowest BCUT2D eigenvalue weighted by atomic mass is 10.1. The average Bonchev–Trinajstić information content (AvgIpc) is 3.28. The van der Waals surface area contributed by atoms with E-state index in [9.17, 15) is 9.59 Å². The van der Waals surface area contributed by atoms with E-state index in [-0.39, 0.29) is 24.8 Å². The Morgan fingerprint density at radius 2 is 1.62 bits per heavy atom. The van der Waals surface area contributed by atoms with Crippen molar-refractivity contribution in [3.63, 3.8) is 0 Å². The van der Waals surface area contributed by atoms with Crippen LogP contribution in [0.15, 0.2) is 66.9 Å². The van der Waals surface area contributed by atoms with Gasteiger partial charge in [-0.2, -0.15) is 0 Å². The van der Waals surface area contributed by atoms with E-state index in [1.54, 1.807) is 61.9 Å². The van der Waals surface area contributed by atoms with Crippen LogP contribution in [0.4, 0.5) is 0 Å². The molecule has 0 saturated heterocycles. The van der Waals surface area contributed by atoms with Gasteiger partial charge in [0.25, 0.3) is 5.91 Å². The molecule has 40 heavy (non-hydrogen) atoms. The maximum absolute atomic E-state index is 12.7. The van der Waals surface area contributed by atoms with Crippen molar-refractivity contribution in [3.05, 3.63) is 93.6 Å². The van der Waals surface area contributed by atoms with E-state index in [2.05, 4.69) is 5.32 Å². The SMILES string of the molecule is Cc1ccc(-c2cn(-c3cc(Cl)cc(Cl)c3)nc2Oc2ccc(C(=O)NCCC(=O)OC(C)(C)C)cc2C)cc1. The van der Waals surface area contributed by atoms with E-state index in [0.29, 0.717) is 32.9 Å². The molecular weight excluding hydrogens is 549 g/mol. The highest BCUT2D eigenvalue weighted by atomic mass is 35.5. The van der Waals surface area contributed by atoms with Gasteiger partial charge in [-0.3, -0.25) is 9.59 Å². The standard InChI is InChI=1S/C31H31Cl2N3O4/c1-19-6-8-21(9-7-19)26-18-36(25-16-23(32)15-24(33)17-25)35-30(26)39-27-11-10-22(14-20(27)2)29(38)34-13-12-28(37)40-31(3,4)5/h6-11,14-18H,12-13H2,1-5H3,(H,34,38). The van der Waals surface area contributed by atoms with Crippen molar-refractivity contribution in [2.24, 2.45) is 0 Å². The number of carbonyl (C=O) groups is 2.